The molecule has 1 aliphatic heterocycles. The maximum Gasteiger partial charge on any atom is 0.264 e. The molecule has 2 heterocycles. The predicted octanol–water partition coefficient (Wildman–Crippen LogP) is 4.37. The molecule has 1 unspecified atom stereocenters. The summed E-state index contributed by atoms with van der Waals surface area (Å²) in [5.74, 6) is -0.679. The summed E-state index contributed by atoms with van der Waals surface area (Å²) in [5.41, 5.74) is 1.77. The predicted molar refractivity (Wildman–Crippen MR) is 111 cm³/mol. The van der Waals surface area contributed by atoms with Gasteiger partial charge in [0.1, 0.15) is 0 Å². The van der Waals surface area contributed by atoms with Gasteiger partial charge in [0.25, 0.3) is 5.91 Å². The molecule has 5 heteroatoms. The van der Waals surface area contributed by atoms with Crippen LogP contribution in [0.3, 0.4) is 0 Å². The topological polar surface area (TPSA) is 57.6 Å². The van der Waals surface area contributed by atoms with Crippen LogP contribution in [0.2, 0.25) is 0 Å². The number of carbonyl (C=O) groups excluding carboxylic acids is 2. The number of para-hydroxylation sites is 1. The Labute approximate surface area is 168 Å². The quantitative estimate of drug-likeness (QED) is 0.657. The van der Waals surface area contributed by atoms with E-state index in [1.807, 2.05) is 55.6 Å². The Bertz CT molecular complexity index is 1060. The normalized spacial score (nSPS) is 18.4. The molecular weight excluding hydrogens is 370 g/mol. The maximum atomic E-state index is 13.2. The Kier molecular flexibility index (Phi) is 4.65. The van der Waals surface area contributed by atoms with Crippen LogP contribution in [0.5, 0.6) is 0 Å². The molecule has 0 bridgehead atoms. The summed E-state index contributed by atoms with van der Waals surface area (Å²) in [5, 5.41) is 13.3. The maximum absolute atomic E-state index is 13.2. The molecule has 1 aliphatic rings. The zero-order valence-electron chi connectivity index (χ0n) is 15.8. The van der Waals surface area contributed by atoms with Crippen molar-refractivity contribution in [2.24, 2.45) is 0 Å². The molecular formula is C23H21NO3S. The van der Waals surface area contributed by atoms with Gasteiger partial charge in [0.15, 0.2) is 11.4 Å². The van der Waals surface area contributed by atoms with Gasteiger partial charge in [0.2, 0.25) is 0 Å². The summed E-state index contributed by atoms with van der Waals surface area (Å²) in [6.45, 7) is 4.22. The Balaban J connectivity index is 1.69. The van der Waals surface area contributed by atoms with E-state index in [4.69, 9.17) is 0 Å². The van der Waals surface area contributed by atoms with E-state index >= 15 is 0 Å². The van der Waals surface area contributed by atoms with E-state index in [1.165, 1.54) is 0 Å². The van der Waals surface area contributed by atoms with Gasteiger partial charge in [-0.1, -0.05) is 48.0 Å². The molecule has 3 aromatic rings. The van der Waals surface area contributed by atoms with Crippen LogP contribution < -0.4 is 4.90 Å². The third kappa shape index (κ3) is 3.07. The van der Waals surface area contributed by atoms with Crippen molar-refractivity contribution in [2.75, 3.05) is 4.90 Å². The number of nitrogens with zero attached hydrogens (tertiary/aromatic N) is 1. The van der Waals surface area contributed by atoms with E-state index in [0.29, 0.717) is 23.4 Å². The van der Waals surface area contributed by atoms with Crippen LogP contribution in [-0.4, -0.2) is 16.8 Å². The highest BCUT2D eigenvalue weighted by molar-refractivity contribution is 7.09. The van der Waals surface area contributed by atoms with Gasteiger partial charge in [-0.2, -0.15) is 0 Å². The number of hydrogen-bond donors (Lipinski definition) is 1. The third-order valence-electron chi connectivity index (χ3n) is 5.23. The molecule has 0 fully saturated rings. The van der Waals surface area contributed by atoms with Gasteiger partial charge in [-0.3, -0.25) is 9.59 Å². The number of Topliss-reactive ketones (excluding diaryl/α,β-unsaturated/α-hetero) is 1. The summed E-state index contributed by atoms with van der Waals surface area (Å²) in [6, 6.07) is 16.6. The van der Waals surface area contributed by atoms with Crippen molar-refractivity contribution in [2.45, 2.75) is 32.4 Å². The van der Waals surface area contributed by atoms with Crippen molar-refractivity contribution < 1.29 is 14.7 Å². The lowest BCUT2D eigenvalue weighted by Crippen LogP contribution is -2.41. The smallest absolute Gasteiger partial charge is 0.264 e. The van der Waals surface area contributed by atoms with Crippen molar-refractivity contribution in [3.8, 4) is 0 Å². The fraction of sp³-hybridized carbons (Fsp3) is 0.217. The monoisotopic (exact) mass is 391 g/mol. The number of benzene rings is 2. The second kappa shape index (κ2) is 7.00. The minimum absolute atomic E-state index is 0.235. The molecule has 0 radical (unpaired) electrons. The Hall–Kier alpha value is -2.76. The molecule has 1 N–H and O–H groups in total. The fourth-order valence-electron chi connectivity index (χ4n) is 3.85. The van der Waals surface area contributed by atoms with Gasteiger partial charge in [-0.05, 0) is 36.9 Å². The van der Waals surface area contributed by atoms with E-state index in [-0.39, 0.29) is 12.2 Å². The largest absolute Gasteiger partial charge is 0.375 e. The Morgan fingerprint density at radius 3 is 2.61 bits per heavy atom. The number of carbonyl (C=O) groups is 2. The fourth-order valence-corrected chi connectivity index (χ4v) is 4.54. The van der Waals surface area contributed by atoms with Gasteiger partial charge in [-0.25, -0.2) is 0 Å². The average Bonchev–Trinajstić information content (AvgIpc) is 3.24. The first kappa shape index (κ1) is 18.6. The molecule has 1 aromatic heterocycles. The first-order valence-corrected chi connectivity index (χ1v) is 10.0. The van der Waals surface area contributed by atoms with Crippen LogP contribution in [0.15, 0.2) is 60.0 Å². The van der Waals surface area contributed by atoms with Crippen molar-refractivity contribution in [1.82, 2.24) is 0 Å². The van der Waals surface area contributed by atoms with Crippen LogP contribution in [0.1, 0.15) is 38.3 Å². The molecule has 0 saturated heterocycles. The summed E-state index contributed by atoms with van der Waals surface area (Å²) in [7, 11) is 0. The highest BCUT2D eigenvalue weighted by Crippen LogP contribution is 2.43. The zero-order chi connectivity index (χ0) is 19.9. The van der Waals surface area contributed by atoms with Gasteiger partial charge < -0.3 is 10.0 Å². The number of ketones is 1. The van der Waals surface area contributed by atoms with Crippen molar-refractivity contribution >= 4 is 28.7 Å². The van der Waals surface area contributed by atoms with E-state index in [2.05, 4.69) is 0 Å². The lowest BCUT2D eigenvalue weighted by atomic mass is 9.87. The number of anilines is 1. The van der Waals surface area contributed by atoms with E-state index in [0.717, 1.165) is 16.0 Å². The molecule has 0 spiro atoms. The van der Waals surface area contributed by atoms with Gasteiger partial charge in [-0.15, -0.1) is 11.3 Å². The van der Waals surface area contributed by atoms with Crippen LogP contribution in [0, 0.1) is 13.8 Å². The number of amides is 1. The molecule has 1 amide bonds. The number of rotatable bonds is 5. The first-order chi connectivity index (χ1) is 13.4. The van der Waals surface area contributed by atoms with Crippen LogP contribution in [0.25, 0.3) is 0 Å². The number of aliphatic hydroxyl groups is 1. The van der Waals surface area contributed by atoms with E-state index < -0.39 is 11.5 Å². The summed E-state index contributed by atoms with van der Waals surface area (Å²) in [4.78, 5) is 28.8. The minimum atomic E-state index is -1.84. The number of hydrogen-bond acceptors (Lipinski definition) is 4. The Morgan fingerprint density at radius 1 is 1.11 bits per heavy atom. The SMILES string of the molecule is Cc1ccc(C(=O)CC2(O)C(=O)N(Cc3cccs3)c3ccccc32)c(C)c1. The highest BCUT2D eigenvalue weighted by atomic mass is 32.1. The molecule has 28 heavy (non-hydrogen) atoms. The molecule has 1 atom stereocenters. The second-order valence-corrected chi connectivity index (χ2v) is 8.30. The van der Waals surface area contributed by atoms with Gasteiger partial charge in [0.05, 0.1) is 18.7 Å². The number of thiophene rings is 1. The summed E-state index contributed by atoms with van der Waals surface area (Å²) in [6.07, 6.45) is -0.270. The summed E-state index contributed by atoms with van der Waals surface area (Å²) >= 11 is 1.56. The first-order valence-electron chi connectivity index (χ1n) is 9.17. The zero-order valence-corrected chi connectivity index (χ0v) is 16.6. The second-order valence-electron chi connectivity index (χ2n) is 7.27. The Morgan fingerprint density at radius 2 is 1.89 bits per heavy atom. The molecule has 2 aromatic carbocycles. The van der Waals surface area contributed by atoms with E-state index in [1.54, 1.807) is 34.4 Å². The average molecular weight is 391 g/mol. The van der Waals surface area contributed by atoms with Crippen molar-refractivity contribution in [1.29, 1.82) is 0 Å². The molecule has 0 saturated carbocycles. The lowest BCUT2D eigenvalue weighted by Gasteiger charge is -2.23. The standard InChI is InChI=1S/C23H21NO3S/c1-15-9-10-18(16(2)12-15)21(25)13-23(27)19-7-3-4-8-20(19)24(22(23)26)14-17-6-5-11-28-17/h3-12,27H,13-14H2,1-2H3. The third-order valence-corrected chi connectivity index (χ3v) is 6.09. The molecule has 0 aliphatic carbocycles. The van der Waals surface area contributed by atoms with Crippen LogP contribution in [0.4, 0.5) is 5.69 Å². The molecule has 142 valence electrons. The molecule has 4 nitrogen and oxygen atoms in total. The lowest BCUT2D eigenvalue weighted by molar-refractivity contribution is -0.136. The van der Waals surface area contributed by atoms with Crippen molar-refractivity contribution in [3.63, 3.8) is 0 Å². The number of fused-ring (bicyclic) bond motifs is 1. The van der Waals surface area contributed by atoms with Gasteiger partial charge >= 0.3 is 0 Å². The minimum Gasteiger partial charge on any atom is -0.375 e. The van der Waals surface area contributed by atoms with E-state index in [9.17, 15) is 14.7 Å². The highest BCUT2D eigenvalue weighted by Gasteiger charge is 2.50. The van der Waals surface area contributed by atoms with Crippen LogP contribution in [-0.2, 0) is 16.9 Å². The van der Waals surface area contributed by atoms with Crippen molar-refractivity contribution in [3.05, 3.63) is 87.1 Å². The molecule has 4 rings (SSSR count). The number of aryl methyl sites for hydroxylation is 2. The van der Waals surface area contributed by atoms with Crippen LogP contribution >= 0.6 is 11.3 Å². The summed E-state index contributed by atoms with van der Waals surface area (Å²) < 4.78 is 0. The van der Waals surface area contributed by atoms with Gasteiger partial charge in [0, 0.05) is 16.0 Å².